The molecule has 160 valence electrons. The molecule has 2 unspecified atom stereocenters. The van der Waals surface area contributed by atoms with Crippen LogP contribution in [0.25, 0.3) is 0 Å². The SMILES string of the molecule is CC1=C(C(=O)Nc2cc(C)ccn2)C(c2ccccc2C)C2C(=O)CC(C)(C)CC2=N1. The summed E-state index contributed by atoms with van der Waals surface area (Å²) in [6.45, 7) is 10.1. The number of ketones is 1. The maximum Gasteiger partial charge on any atom is 0.255 e. The maximum atomic E-state index is 13.5. The number of pyridine rings is 1. The summed E-state index contributed by atoms with van der Waals surface area (Å²) in [5.74, 6) is -0.329. The number of nitrogens with zero attached hydrogens (tertiary/aromatic N) is 2. The van der Waals surface area contributed by atoms with Gasteiger partial charge < -0.3 is 5.32 Å². The van der Waals surface area contributed by atoms with Gasteiger partial charge in [-0.3, -0.25) is 14.6 Å². The summed E-state index contributed by atoms with van der Waals surface area (Å²) >= 11 is 0. The highest BCUT2D eigenvalue weighted by Crippen LogP contribution is 2.47. The van der Waals surface area contributed by atoms with Gasteiger partial charge in [0.2, 0.25) is 0 Å². The van der Waals surface area contributed by atoms with E-state index >= 15 is 0 Å². The van der Waals surface area contributed by atoms with E-state index in [9.17, 15) is 9.59 Å². The zero-order valence-electron chi connectivity index (χ0n) is 18.8. The summed E-state index contributed by atoms with van der Waals surface area (Å²) in [6.07, 6.45) is 2.93. The van der Waals surface area contributed by atoms with Crippen molar-refractivity contribution in [3.05, 3.63) is 70.6 Å². The molecule has 0 saturated heterocycles. The Morgan fingerprint density at radius 1 is 1.06 bits per heavy atom. The first-order chi connectivity index (χ1) is 14.7. The molecule has 1 fully saturated rings. The number of allylic oxidation sites excluding steroid dienone is 1. The minimum atomic E-state index is -0.399. The first-order valence-corrected chi connectivity index (χ1v) is 10.8. The standard InChI is InChI=1S/C26H29N3O2/c1-15-10-11-27-21(12-15)29-25(31)22-17(3)28-19-13-26(4,5)14-20(30)24(19)23(22)18-9-7-6-8-16(18)2/h6-12,23-24H,13-14H2,1-5H3,(H,27,29,31). The van der Waals surface area contributed by atoms with Crippen LogP contribution in [-0.2, 0) is 9.59 Å². The highest BCUT2D eigenvalue weighted by atomic mass is 16.2. The van der Waals surface area contributed by atoms with E-state index in [0.717, 1.165) is 28.8 Å². The van der Waals surface area contributed by atoms with E-state index in [4.69, 9.17) is 4.99 Å². The number of fused-ring (bicyclic) bond motifs is 1. The minimum Gasteiger partial charge on any atom is -0.307 e. The van der Waals surface area contributed by atoms with Gasteiger partial charge in [0.25, 0.3) is 5.91 Å². The molecule has 1 aromatic carbocycles. The number of amides is 1. The maximum absolute atomic E-state index is 13.5. The molecule has 5 heteroatoms. The Morgan fingerprint density at radius 2 is 1.81 bits per heavy atom. The molecule has 2 heterocycles. The third-order valence-corrected chi connectivity index (χ3v) is 6.29. The summed E-state index contributed by atoms with van der Waals surface area (Å²) in [4.78, 5) is 36.0. The van der Waals surface area contributed by atoms with Crippen molar-refractivity contribution < 1.29 is 9.59 Å². The third-order valence-electron chi connectivity index (χ3n) is 6.29. The Labute approximate surface area is 183 Å². The number of benzene rings is 1. The van der Waals surface area contributed by atoms with Gasteiger partial charge in [-0.05, 0) is 61.4 Å². The molecule has 1 aromatic heterocycles. The fourth-order valence-electron chi connectivity index (χ4n) is 4.95. The van der Waals surface area contributed by atoms with Crippen LogP contribution in [0.15, 0.2) is 58.9 Å². The van der Waals surface area contributed by atoms with Gasteiger partial charge in [-0.2, -0.15) is 0 Å². The van der Waals surface area contributed by atoms with Crippen LogP contribution in [0.2, 0.25) is 0 Å². The fourth-order valence-corrected chi connectivity index (χ4v) is 4.95. The molecule has 1 aliphatic heterocycles. The van der Waals surface area contributed by atoms with Crippen molar-refractivity contribution in [3.8, 4) is 0 Å². The zero-order valence-corrected chi connectivity index (χ0v) is 18.8. The predicted molar refractivity (Wildman–Crippen MR) is 123 cm³/mol. The Bertz CT molecular complexity index is 1130. The van der Waals surface area contributed by atoms with Crippen molar-refractivity contribution >= 4 is 23.2 Å². The second-order valence-electron chi connectivity index (χ2n) is 9.57. The molecule has 0 spiro atoms. The highest BCUT2D eigenvalue weighted by molar-refractivity contribution is 6.14. The molecule has 4 rings (SSSR count). The van der Waals surface area contributed by atoms with E-state index in [0.29, 0.717) is 23.5 Å². The summed E-state index contributed by atoms with van der Waals surface area (Å²) < 4.78 is 0. The normalized spacial score (nSPS) is 22.6. The van der Waals surface area contributed by atoms with Crippen molar-refractivity contribution in [1.29, 1.82) is 0 Å². The van der Waals surface area contributed by atoms with Crippen molar-refractivity contribution in [2.24, 2.45) is 16.3 Å². The molecule has 1 N–H and O–H groups in total. The molecule has 1 amide bonds. The Balaban J connectivity index is 1.83. The van der Waals surface area contributed by atoms with Crippen LogP contribution in [0.3, 0.4) is 0 Å². The van der Waals surface area contributed by atoms with Gasteiger partial charge in [0.15, 0.2) is 0 Å². The van der Waals surface area contributed by atoms with Gasteiger partial charge in [-0.1, -0.05) is 38.1 Å². The highest BCUT2D eigenvalue weighted by Gasteiger charge is 2.47. The number of hydrogen-bond acceptors (Lipinski definition) is 4. The second kappa shape index (κ2) is 7.88. The molecular formula is C26H29N3O2. The van der Waals surface area contributed by atoms with Crippen molar-refractivity contribution in [1.82, 2.24) is 4.98 Å². The quantitative estimate of drug-likeness (QED) is 0.753. The number of hydrogen-bond donors (Lipinski definition) is 1. The third kappa shape index (κ3) is 4.09. The second-order valence-corrected chi connectivity index (χ2v) is 9.57. The number of aryl methyl sites for hydroxylation is 2. The van der Waals surface area contributed by atoms with E-state index in [1.807, 2.05) is 57.2 Å². The van der Waals surface area contributed by atoms with Gasteiger partial charge >= 0.3 is 0 Å². The molecule has 0 bridgehead atoms. The number of nitrogens with one attached hydrogen (secondary N) is 1. The first kappa shape index (κ1) is 21.2. The Hall–Kier alpha value is -3.08. The average molecular weight is 416 g/mol. The van der Waals surface area contributed by atoms with E-state index < -0.39 is 5.92 Å². The molecule has 2 aliphatic rings. The van der Waals surface area contributed by atoms with Crippen LogP contribution in [0, 0.1) is 25.2 Å². The fraction of sp³-hybridized carbons (Fsp3) is 0.385. The molecular weight excluding hydrogens is 386 g/mol. The van der Waals surface area contributed by atoms with Gasteiger partial charge in [0, 0.05) is 35.5 Å². The summed E-state index contributed by atoms with van der Waals surface area (Å²) in [6, 6.07) is 11.7. The summed E-state index contributed by atoms with van der Waals surface area (Å²) in [5.41, 5.74) is 5.11. The number of Topliss-reactive ketones (excluding diaryl/α,β-unsaturated/α-hetero) is 1. The number of anilines is 1. The van der Waals surface area contributed by atoms with Gasteiger partial charge in [-0.25, -0.2) is 4.98 Å². The number of aliphatic imine (C=N–C) groups is 1. The van der Waals surface area contributed by atoms with E-state index in [1.165, 1.54) is 0 Å². The average Bonchev–Trinajstić information content (AvgIpc) is 2.66. The largest absolute Gasteiger partial charge is 0.307 e. The van der Waals surface area contributed by atoms with Crippen LogP contribution >= 0.6 is 0 Å². The lowest BCUT2D eigenvalue weighted by atomic mass is 9.63. The first-order valence-electron chi connectivity index (χ1n) is 10.8. The summed E-state index contributed by atoms with van der Waals surface area (Å²) in [7, 11) is 0. The molecule has 2 aromatic rings. The summed E-state index contributed by atoms with van der Waals surface area (Å²) in [5, 5.41) is 2.94. The number of aromatic nitrogens is 1. The number of carbonyl (C=O) groups is 2. The van der Waals surface area contributed by atoms with Crippen LogP contribution in [-0.4, -0.2) is 22.4 Å². The Morgan fingerprint density at radius 3 is 2.52 bits per heavy atom. The van der Waals surface area contributed by atoms with Gasteiger partial charge in [-0.15, -0.1) is 0 Å². The van der Waals surface area contributed by atoms with Crippen LogP contribution in [0.1, 0.15) is 56.2 Å². The topological polar surface area (TPSA) is 71.4 Å². The van der Waals surface area contributed by atoms with Crippen molar-refractivity contribution in [2.45, 2.75) is 53.4 Å². The molecule has 2 atom stereocenters. The van der Waals surface area contributed by atoms with Crippen LogP contribution in [0.4, 0.5) is 5.82 Å². The number of carbonyl (C=O) groups excluding carboxylic acids is 2. The lowest BCUT2D eigenvalue weighted by molar-refractivity contribution is -0.124. The monoisotopic (exact) mass is 415 g/mol. The van der Waals surface area contributed by atoms with Crippen molar-refractivity contribution in [2.75, 3.05) is 5.32 Å². The molecule has 1 saturated carbocycles. The van der Waals surface area contributed by atoms with Gasteiger partial charge in [0.1, 0.15) is 11.6 Å². The smallest absolute Gasteiger partial charge is 0.255 e. The van der Waals surface area contributed by atoms with Crippen LogP contribution in [0.5, 0.6) is 0 Å². The molecule has 0 radical (unpaired) electrons. The van der Waals surface area contributed by atoms with E-state index in [2.05, 4.69) is 24.1 Å². The Kier molecular flexibility index (Phi) is 5.38. The molecule has 5 nitrogen and oxygen atoms in total. The minimum absolute atomic E-state index is 0.117. The zero-order chi connectivity index (χ0) is 22.3. The van der Waals surface area contributed by atoms with Crippen molar-refractivity contribution in [3.63, 3.8) is 0 Å². The molecule has 1 aliphatic carbocycles. The predicted octanol–water partition coefficient (Wildman–Crippen LogP) is 5.15. The molecule has 31 heavy (non-hydrogen) atoms. The lowest BCUT2D eigenvalue weighted by Gasteiger charge is -2.41. The lowest BCUT2D eigenvalue weighted by Crippen LogP contribution is -2.44. The van der Waals surface area contributed by atoms with E-state index in [-0.39, 0.29) is 23.0 Å². The van der Waals surface area contributed by atoms with Crippen LogP contribution < -0.4 is 5.32 Å². The number of rotatable bonds is 3. The van der Waals surface area contributed by atoms with Gasteiger partial charge in [0.05, 0.1) is 5.92 Å². The van der Waals surface area contributed by atoms with E-state index in [1.54, 1.807) is 6.20 Å².